The minimum atomic E-state index is -4.05. The Balaban J connectivity index is 1.74. The highest BCUT2D eigenvalue weighted by Gasteiger charge is 2.21. The van der Waals surface area contributed by atoms with E-state index in [2.05, 4.69) is 4.72 Å². The molecular formula is C22H20NO5S-. The minimum absolute atomic E-state index is 0.0170. The van der Waals surface area contributed by atoms with E-state index in [1.165, 1.54) is 24.3 Å². The van der Waals surface area contributed by atoms with Gasteiger partial charge >= 0.3 is 0 Å². The van der Waals surface area contributed by atoms with Crippen LogP contribution >= 0.6 is 0 Å². The van der Waals surface area contributed by atoms with E-state index in [0.717, 1.165) is 5.56 Å². The molecule has 6 nitrogen and oxygen atoms in total. The number of benzene rings is 3. The molecule has 0 spiro atoms. The number of aryl methyl sites for hydroxylation is 1. The van der Waals surface area contributed by atoms with E-state index >= 15 is 0 Å². The quantitative estimate of drug-likeness (QED) is 0.615. The zero-order valence-electron chi connectivity index (χ0n) is 15.7. The van der Waals surface area contributed by atoms with Crippen molar-refractivity contribution < 1.29 is 23.1 Å². The zero-order valence-corrected chi connectivity index (χ0v) is 16.6. The van der Waals surface area contributed by atoms with E-state index in [4.69, 9.17) is 4.74 Å². The van der Waals surface area contributed by atoms with Crippen LogP contribution < -0.4 is 14.6 Å². The number of carboxylic acid groups (broad SMARTS) is 1. The molecule has 0 aliphatic heterocycles. The van der Waals surface area contributed by atoms with Crippen LogP contribution in [-0.4, -0.2) is 20.4 Å². The van der Waals surface area contributed by atoms with Gasteiger partial charge in [-0.2, -0.15) is 0 Å². The average molecular weight is 410 g/mol. The van der Waals surface area contributed by atoms with Gasteiger partial charge in [0.2, 0.25) is 10.0 Å². The molecule has 150 valence electrons. The SMILES string of the molecule is Cc1ccccc1Oc1ccc(S(=O)(=O)N[C@@H](Cc2ccccc2)C(=O)[O-])cc1. The van der Waals surface area contributed by atoms with Crippen LogP contribution in [0.25, 0.3) is 0 Å². The number of aliphatic carboxylic acids is 1. The van der Waals surface area contributed by atoms with E-state index in [9.17, 15) is 18.3 Å². The third kappa shape index (κ3) is 5.43. The van der Waals surface area contributed by atoms with Crippen molar-refractivity contribution in [2.75, 3.05) is 0 Å². The van der Waals surface area contributed by atoms with Crippen LogP contribution in [0.15, 0.2) is 83.8 Å². The van der Waals surface area contributed by atoms with E-state index in [1.807, 2.05) is 31.2 Å². The first-order valence-electron chi connectivity index (χ1n) is 8.96. The van der Waals surface area contributed by atoms with Gasteiger partial charge in [0.05, 0.1) is 16.9 Å². The topological polar surface area (TPSA) is 95.5 Å². The molecule has 3 rings (SSSR count). The average Bonchev–Trinajstić information content (AvgIpc) is 2.70. The number of rotatable bonds is 8. The Bertz CT molecular complexity index is 1080. The smallest absolute Gasteiger partial charge is 0.241 e. The number of hydrogen-bond donors (Lipinski definition) is 1. The Kier molecular flexibility index (Phi) is 6.31. The predicted molar refractivity (Wildman–Crippen MR) is 107 cm³/mol. The van der Waals surface area contributed by atoms with Crippen molar-refractivity contribution in [2.45, 2.75) is 24.3 Å². The van der Waals surface area contributed by atoms with Crippen molar-refractivity contribution in [3.05, 3.63) is 90.0 Å². The molecule has 1 N–H and O–H groups in total. The fourth-order valence-electron chi connectivity index (χ4n) is 2.76. The molecule has 7 heteroatoms. The van der Waals surface area contributed by atoms with Gasteiger partial charge in [0.1, 0.15) is 11.5 Å². The molecule has 0 radical (unpaired) electrons. The first-order valence-corrected chi connectivity index (χ1v) is 10.4. The van der Waals surface area contributed by atoms with Crippen molar-refractivity contribution in [3.63, 3.8) is 0 Å². The van der Waals surface area contributed by atoms with Gasteiger partial charge in [-0.3, -0.25) is 0 Å². The molecule has 0 aliphatic carbocycles. The second-order valence-electron chi connectivity index (χ2n) is 6.52. The molecule has 0 aliphatic rings. The van der Waals surface area contributed by atoms with Crippen molar-refractivity contribution >= 4 is 16.0 Å². The fourth-order valence-corrected chi connectivity index (χ4v) is 3.95. The molecule has 0 bridgehead atoms. The molecule has 1 atom stereocenters. The number of nitrogens with one attached hydrogen (secondary N) is 1. The molecule has 0 aromatic heterocycles. The van der Waals surface area contributed by atoms with Gasteiger partial charge in [0.25, 0.3) is 0 Å². The van der Waals surface area contributed by atoms with Crippen molar-refractivity contribution in [2.24, 2.45) is 0 Å². The van der Waals surface area contributed by atoms with Gasteiger partial charge < -0.3 is 14.6 Å². The lowest BCUT2D eigenvalue weighted by molar-refractivity contribution is -0.307. The maximum Gasteiger partial charge on any atom is 0.241 e. The highest BCUT2D eigenvalue weighted by molar-refractivity contribution is 7.89. The van der Waals surface area contributed by atoms with Crippen LogP contribution in [0.3, 0.4) is 0 Å². The first-order chi connectivity index (χ1) is 13.8. The molecule has 3 aromatic rings. The van der Waals surface area contributed by atoms with Gasteiger partial charge in [-0.05, 0) is 54.8 Å². The Morgan fingerprint density at radius 3 is 2.21 bits per heavy atom. The van der Waals surface area contributed by atoms with Crippen molar-refractivity contribution in [3.8, 4) is 11.5 Å². The Morgan fingerprint density at radius 1 is 0.966 bits per heavy atom. The third-order valence-electron chi connectivity index (χ3n) is 4.32. The summed E-state index contributed by atoms with van der Waals surface area (Å²) in [5, 5.41) is 11.4. The normalized spacial score (nSPS) is 12.3. The van der Waals surface area contributed by atoms with Crippen LogP contribution in [0.2, 0.25) is 0 Å². The Labute approximate surface area is 169 Å². The van der Waals surface area contributed by atoms with Crippen LogP contribution in [-0.2, 0) is 21.2 Å². The van der Waals surface area contributed by atoms with Crippen molar-refractivity contribution in [1.29, 1.82) is 0 Å². The summed E-state index contributed by atoms with van der Waals surface area (Å²) >= 11 is 0. The standard InChI is InChI=1S/C22H21NO5S/c1-16-7-5-6-10-21(16)28-18-11-13-19(14-12-18)29(26,27)23-20(22(24)25)15-17-8-3-2-4-9-17/h2-14,20,23H,15H2,1H3,(H,24,25)/p-1/t20-/m0/s1. The molecule has 0 saturated carbocycles. The summed E-state index contributed by atoms with van der Waals surface area (Å²) in [6, 6.07) is 20.6. The molecule has 0 saturated heterocycles. The molecular weight excluding hydrogens is 390 g/mol. The number of hydrogen-bond acceptors (Lipinski definition) is 5. The number of carbonyl (C=O) groups is 1. The number of sulfonamides is 1. The highest BCUT2D eigenvalue weighted by atomic mass is 32.2. The lowest BCUT2D eigenvalue weighted by Gasteiger charge is -2.20. The van der Waals surface area contributed by atoms with E-state index in [0.29, 0.717) is 17.1 Å². The van der Waals surface area contributed by atoms with Crippen LogP contribution in [0.1, 0.15) is 11.1 Å². The van der Waals surface area contributed by atoms with E-state index < -0.39 is 22.0 Å². The monoisotopic (exact) mass is 410 g/mol. The summed E-state index contributed by atoms with van der Waals surface area (Å²) < 4.78 is 33.2. The van der Waals surface area contributed by atoms with Gasteiger partial charge in [0, 0.05) is 0 Å². The largest absolute Gasteiger partial charge is 0.548 e. The van der Waals surface area contributed by atoms with Gasteiger partial charge in [0.15, 0.2) is 0 Å². The van der Waals surface area contributed by atoms with Crippen LogP contribution in [0.5, 0.6) is 11.5 Å². The molecule has 29 heavy (non-hydrogen) atoms. The summed E-state index contributed by atoms with van der Waals surface area (Å²) in [7, 11) is -4.05. The minimum Gasteiger partial charge on any atom is -0.548 e. The molecule has 0 fully saturated rings. The maximum absolute atomic E-state index is 12.6. The van der Waals surface area contributed by atoms with Crippen molar-refractivity contribution in [1.82, 2.24) is 4.72 Å². The second-order valence-corrected chi connectivity index (χ2v) is 8.24. The first kappa shape index (κ1) is 20.6. The summed E-state index contributed by atoms with van der Waals surface area (Å²) in [6.45, 7) is 1.91. The summed E-state index contributed by atoms with van der Waals surface area (Å²) in [5.74, 6) is -0.350. The number of carboxylic acids is 1. The lowest BCUT2D eigenvalue weighted by atomic mass is 10.1. The summed E-state index contributed by atoms with van der Waals surface area (Å²) in [5.41, 5.74) is 1.63. The summed E-state index contributed by atoms with van der Waals surface area (Å²) in [4.78, 5) is 11.4. The number of ether oxygens (including phenoxy) is 1. The zero-order chi connectivity index (χ0) is 20.9. The van der Waals surface area contributed by atoms with Gasteiger partial charge in [-0.1, -0.05) is 48.5 Å². The molecule has 0 heterocycles. The summed E-state index contributed by atoms with van der Waals surface area (Å²) in [6.07, 6.45) is -0.0170. The second kappa shape index (κ2) is 8.89. The third-order valence-corrected chi connectivity index (χ3v) is 5.81. The Hall–Kier alpha value is -3.16. The number of carbonyl (C=O) groups excluding carboxylic acids is 1. The van der Waals surface area contributed by atoms with E-state index in [1.54, 1.807) is 30.3 Å². The molecule has 3 aromatic carbocycles. The predicted octanol–water partition coefficient (Wildman–Crippen LogP) is 2.43. The Morgan fingerprint density at radius 2 is 1.59 bits per heavy atom. The lowest BCUT2D eigenvalue weighted by Crippen LogP contribution is -2.49. The van der Waals surface area contributed by atoms with Gasteiger partial charge in [-0.25, -0.2) is 13.1 Å². The molecule has 0 unspecified atom stereocenters. The van der Waals surface area contributed by atoms with Crippen LogP contribution in [0, 0.1) is 6.92 Å². The van der Waals surface area contributed by atoms with Crippen LogP contribution in [0.4, 0.5) is 0 Å². The van der Waals surface area contributed by atoms with Gasteiger partial charge in [-0.15, -0.1) is 0 Å². The maximum atomic E-state index is 12.6. The fraction of sp³-hybridized carbons (Fsp3) is 0.136. The number of para-hydroxylation sites is 1. The van der Waals surface area contributed by atoms with E-state index in [-0.39, 0.29) is 11.3 Å². The highest BCUT2D eigenvalue weighted by Crippen LogP contribution is 2.25. The molecule has 0 amide bonds.